The second kappa shape index (κ2) is 9.04. The van der Waals surface area contributed by atoms with E-state index in [9.17, 15) is 9.59 Å². The lowest BCUT2D eigenvalue weighted by Crippen LogP contribution is -2.38. The van der Waals surface area contributed by atoms with Crippen LogP contribution in [0.5, 0.6) is 5.75 Å². The first-order valence-corrected chi connectivity index (χ1v) is 7.12. The van der Waals surface area contributed by atoms with Gasteiger partial charge in [-0.2, -0.15) is 0 Å². The van der Waals surface area contributed by atoms with Crippen molar-refractivity contribution >= 4 is 11.9 Å². The maximum atomic E-state index is 12.1. The quantitative estimate of drug-likeness (QED) is 0.750. The number of carbonyl (C=O) groups excluding carboxylic acids is 1. The third-order valence-corrected chi connectivity index (χ3v) is 3.16. The zero-order valence-electron chi connectivity index (χ0n) is 13.3. The van der Waals surface area contributed by atoms with Gasteiger partial charge in [0.2, 0.25) is 5.91 Å². The van der Waals surface area contributed by atoms with Gasteiger partial charge in [-0.1, -0.05) is 12.1 Å². The van der Waals surface area contributed by atoms with Crippen molar-refractivity contribution in [2.75, 3.05) is 33.4 Å². The number of rotatable bonds is 9. The van der Waals surface area contributed by atoms with Gasteiger partial charge in [-0.3, -0.25) is 9.59 Å². The molecule has 0 atom stereocenters. The highest BCUT2D eigenvalue weighted by Crippen LogP contribution is 2.19. The first-order valence-electron chi connectivity index (χ1n) is 7.12. The van der Waals surface area contributed by atoms with Gasteiger partial charge in [0.05, 0.1) is 19.6 Å². The number of amides is 1. The first-order chi connectivity index (χ1) is 10.4. The van der Waals surface area contributed by atoms with E-state index in [0.29, 0.717) is 6.61 Å². The van der Waals surface area contributed by atoms with Gasteiger partial charge in [-0.05, 0) is 31.0 Å². The monoisotopic (exact) mass is 309 g/mol. The second-order valence-corrected chi connectivity index (χ2v) is 5.07. The Morgan fingerprint density at radius 1 is 1.23 bits per heavy atom. The molecule has 0 unspecified atom stereocenters. The molecule has 0 spiro atoms. The molecular weight excluding hydrogens is 286 g/mol. The minimum Gasteiger partial charge on any atom is -0.493 e. The van der Waals surface area contributed by atoms with E-state index < -0.39 is 5.97 Å². The van der Waals surface area contributed by atoms with Crippen LogP contribution in [0.15, 0.2) is 18.2 Å². The molecule has 0 saturated carbocycles. The molecule has 6 heteroatoms. The van der Waals surface area contributed by atoms with E-state index >= 15 is 0 Å². The number of hydrogen-bond acceptors (Lipinski definition) is 4. The normalized spacial score (nSPS) is 10.3. The van der Waals surface area contributed by atoms with Crippen molar-refractivity contribution in [3.8, 4) is 5.75 Å². The van der Waals surface area contributed by atoms with E-state index in [1.165, 1.54) is 12.0 Å². The SMILES string of the molecule is COCCN(CC(=O)O)C(=O)CCOc1cc(C)ccc1C. The lowest BCUT2D eigenvalue weighted by molar-refractivity contribution is -0.145. The molecule has 1 rings (SSSR count). The number of aliphatic carboxylic acids is 1. The minimum atomic E-state index is -1.04. The molecular formula is C16H23NO5. The Morgan fingerprint density at radius 3 is 2.59 bits per heavy atom. The summed E-state index contributed by atoms with van der Waals surface area (Å²) in [6.07, 6.45) is 0.129. The summed E-state index contributed by atoms with van der Waals surface area (Å²) in [6, 6.07) is 5.87. The van der Waals surface area contributed by atoms with Crippen molar-refractivity contribution < 1.29 is 24.2 Å². The van der Waals surface area contributed by atoms with Crippen LogP contribution in [-0.2, 0) is 14.3 Å². The average molecular weight is 309 g/mol. The first kappa shape index (κ1) is 18.0. The molecule has 6 nitrogen and oxygen atoms in total. The lowest BCUT2D eigenvalue weighted by Gasteiger charge is -2.20. The highest BCUT2D eigenvalue weighted by atomic mass is 16.5. The molecule has 0 heterocycles. The predicted molar refractivity (Wildman–Crippen MR) is 82.1 cm³/mol. The van der Waals surface area contributed by atoms with E-state index in [4.69, 9.17) is 14.6 Å². The average Bonchev–Trinajstić information content (AvgIpc) is 2.46. The van der Waals surface area contributed by atoms with Gasteiger partial charge in [0, 0.05) is 13.7 Å². The summed E-state index contributed by atoms with van der Waals surface area (Å²) in [5, 5.41) is 8.84. The Morgan fingerprint density at radius 2 is 1.95 bits per heavy atom. The van der Waals surface area contributed by atoms with Crippen molar-refractivity contribution in [1.82, 2.24) is 4.90 Å². The van der Waals surface area contributed by atoms with Crippen LogP contribution in [0.2, 0.25) is 0 Å². The zero-order valence-corrected chi connectivity index (χ0v) is 13.3. The Labute approximate surface area is 130 Å². The van der Waals surface area contributed by atoms with E-state index in [-0.39, 0.29) is 32.0 Å². The molecule has 0 fully saturated rings. The summed E-state index contributed by atoms with van der Waals surface area (Å²) in [5.74, 6) is -0.556. The molecule has 1 aromatic rings. The van der Waals surface area contributed by atoms with Gasteiger partial charge >= 0.3 is 5.97 Å². The van der Waals surface area contributed by atoms with Gasteiger partial charge in [-0.15, -0.1) is 0 Å². The summed E-state index contributed by atoms with van der Waals surface area (Å²) in [5.41, 5.74) is 2.08. The molecule has 0 aromatic heterocycles. The molecule has 0 saturated heterocycles. The number of carboxylic acids is 1. The Bertz CT molecular complexity index is 515. The van der Waals surface area contributed by atoms with Crippen LogP contribution in [0, 0.1) is 13.8 Å². The molecule has 122 valence electrons. The number of benzene rings is 1. The maximum absolute atomic E-state index is 12.1. The van der Waals surface area contributed by atoms with Crippen LogP contribution < -0.4 is 4.74 Å². The van der Waals surface area contributed by atoms with Gasteiger partial charge < -0.3 is 19.5 Å². The van der Waals surface area contributed by atoms with Crippen LogP contribution >= 0.6 is 0 Å². The number of carboxylic acid groups (broad SMARTS) is 1. The smallest absolute Gasteiger partial charge is 0.323 e. The fraction of sp³-hybridized carbons (Fsp3) is 0.500. The number of aryl methyl sites for hydroxylation is 2. The summed E-state index contributed by atoms with van der Waals surface area (Å²) < 4.78 is 10.5. The zero-order chi connectivity index (χ0) is 16.5. The number of carbonyl (C=O) groups is 2. The predicted octanol–water partition coefficient (Wildman–Crippen LogP) is 1.63. The highest BCUT2D eigenvalue weighted by Gasteiger charge is 2.16. The molecule has 22 heavy (non-hydrogen) atoms. The second-order valence-electron chi connectivity index (χ2n) is 5.07. The van der Waals surface area contributed by atoms with Gasteiger partial charge in [-0.25, -0.2) is 0 Å². The molecule has 1 aromatic carbocycles. The molecule has 1 N–H and O–H groups in total. The minimum absolute atomic E-state index is 0.129. The van der Waals surface area contributed by atoms with Crippen molar-refractivity contribution in [2.24, 2.45) is 0 Å². The van der Waals surface area contributed by atoms with Crippen LogP contribution in [0.1, 0.15) is 17.5 Å². The molecule has 0 bridgehead atoms. The summed E-state index contributed by atoms with van der Waals surface area (Å²) >= 11 is 0. The molecule has 0 aliphatic rings. The van der Waals surface area contributed by atoms with Crippen LogP contribution in [0.25, 0.3) is 0 Å². The standard InChI is InChI=1S/C16H23NO5/c1-12-4-5-13(2)14(10-12)22-8-6-15(18)17(7-9-21-3)11-16(19)20/h4-5,10H,6-9,11H2,1-3H3,(H,19,20). The number of methoxy groups -OCH3 is 1. The van der Waals surface area contributed by atoms with Crippen LogP contribution in [0.3, 0.4) is 0 Å². The maximum Gasteiger partial charge on any atom is 0.323 e. The van der Waals surface area contributed by atoms with Crippen LogP contribution in [0.4, 0.5) is 0 Å². The fourth-order valence-electron chi connectivity index (χ4n) is 1.93. The van der Waals surface area contributed by atoms with E-state index in [2.05, 4.69) is 0 Å². The van der Waals surface area contributed by atoms with Crippen molar-refractivity contribution in [3.05, 3.63) is 29.3 Å². The summed E-state index contributed by atoms with van der Waals surface area (Å²) in [7, 11) is 1.51. The number of hydrogen-bond donors (Lipinski definition) is 1. The summed E-state index contributed by atoms with van der Waals surface area (Å²) in [6.45, 7) is 4.35. The third-order valence-electron chi connectivity index (χ3n) is 3.16. The van der Waals surface area contributed by atoms with Gasteiger partial charge in [0.15, 0.2) is 0 Å². The highest BCUT2D eigenvalue weighted by molar-refractivity contribution is 5.81. The number of ether oxygens (including phenoxy) is 2. The van der Waals surface area contributed by atoms with E-state index in [1.807, 2.05) is 32.0 Å². The molecule has 0 radical (unpaired) electrons. The van der Waals surface area contributed by atoms with Crippen molar-refractivity contribution in [3.63, 3.8) is 0 Å². The largest absolute Gasteiger partial charge is 0.493 e. The van der Waals surface area contributed by atoms with Crippen molar-refractivity contribution in [1.29, 1.82) is 0 Å². The van der Waals surface area contributed by atoms with E-state index in [0.717, 1.165) is 16.9 Å². The van der Waals surface area contributed by atoms with E-state index in [1.54, 1.807) is 0 Å². The number of nitrogens with zero attached hydrogens (tertiary/aromatic N) is 1. The Kier molecular flexibility index (Phi) is 7.39. The Balaban J connectivity index is 2.51. The van der Waals surface area contributed by atoms with Gasteiger partial charge in [0.1, 0.15) is 12.3 Å². The molecule has 1 amide bonds. The molecule has 0 aliphatic carbocycles. The molecule has 0 aliphatic heterocycles. The third kappa shape index (κ3) is 6.13. The fourth-order valence-corrected chi connectivity index (χ4v) is 1.93. The van der Waals surface area contributed by atoms with Crippen molar-refractivity contribution in [2.45, 2.75) is 20.3 Å². The summed E-state index contributed by atoms with van der Waals surface area (Å²) in [4.78, 5) is 24.1. The topological polar surface area (TPSA) is 76.1 Å². The van der Waals surface area contributed by atoms with Crippen LogP contribution in [-0.4, -0.2) is 55.3 Å². The van der Waals surface area contributed by atoms with Gasteiger partial charge in [0.25, 0.3) is 0 Å². The Hall–Kier alpha value is -2.08. The lowest BCUT2D eigenvalue weighted by atomic mass is 10.1.